The molecule has 2 aromatic carbocycles. The molecule has 0 saturated carbocycles. The highest BCUT2D eigenvalue weighted by Crippen LogP contribution is 2.37. The number of morpholine rings is 1. The summed E-state index contributed by atoms with van der Waals surface area (Å²) in [4.78, 5) is 38.8. The summed E-state index contributed by atoms with van der Waals surface area (Å²) in [6, 6.07) is 0.471. The second kappa shape index (κ2) is 13.3. The average molecular weight is 680 g/mol. The van der Waals surface area contributed by atoms with Crippen LogP contribution in [0, 0.1) is 24.4 Å². The zero-order valence-corrected chi connectivity index (χ0v) is 24.8. The van der Waals surface area contributed by atoms with Crippen molar-refractivity contribution in [2.75, 3.05) is 31.8 Å². The fraction of sp³-hybridized carbons (Fsp3) is 0.367. The zero-order chi connectivity index (χ0) is 35.0. The molecule has 0 spiro atoms. The molecule has 1 aliphatic rings. The van der Waals surface area contributed by atoms with Gasteiger partial charge >= 0.3 is 18.3 Å². The van der Waals surface area contributed by atoms with Crippen LogP contribution >= 0.6 is 0 Å². The van der Waals surface area contributed by atoms with E-state index in [2.05, 4.69) is 4.74 Å². The van der Waals surface area contributed by atoms with Crippen molar-refractivity contribution >= 4 is 17.6 Å². The first kappa shape index (κ1) is 35.3. The Hall–Kier alpha value is -4.54. The highest BCUT2D eigenvalue weighted by atomic mass is 19.4. The predicted molar refractivity (Wildman–Crippen MR) is 148 cm³/mol. The van der Waals surface area contributed by atoms with E-state index in [-0.39, 0.29) is 24.4 Å². The number of aromatic nitrogens is 1. The van der Waals surface area contributed by atoms with Crippen molar-refractivity contribution in [2.24, 2.45) is 7.05 Å². The van der Waals surface area contributed by atoms with Crippen LogP contribution in [0.25, 0.3) is 11.1 Å². The van der Waals surface area contributed by atoms with Crippen molar-refractivity contribution in [2.45, 2.75) is 37.8 Å². The number of nitrogens with one attached hydrogen (secondary N) is 1. The van der Waals surface area contributed by atoms with Crippen LogP contribution in [0.3, 0.4) is 0 Å². The third-order valence-corrected chi connectivity index (χ3v) is 7.60. The monoisotopic (exact) mass is 679 g/mol. The molecule has 0 aliphatic carbocycles. The summed E-state index contributed by atoms with van der Waals surface area (Å²) in [6.07, 6.45) is -10.4. The van der Waals surface area contributed by atoms with Gasteiger partial charge in [-0.05, 0) is 36.8 Å². The van der Waals surface area contributed by atoms with Gasteiger partial charge < -0.3 is 24.3 Å². The van der Waals surface area contributed by atoms with E-state index in [1.54, 1.807) is 0 Å². The van der Waals surface area contributed by atoms with Gasteiger partial charge in [0.15, 0.2) is 0 Å². The summed E-state index contributed by atoms with van der Waals surface area (Å²) in [5, 5.41) is 2.03. The van der Waals surface area contributed by atoms with Gasteiger partial charge in [-0.25, -0.2) is 18.0 Å². The second-order valence-corrected chi connectivity index (χ2v) is 10.6. The molecule has 0 bridgehead atoms. The molecular formula is C30H26F9N3O5. The number of anilines is 1. The van der Waals surface area contributed by atoms with E-state index in [0.717, 1.165) is 23.8 Å². The van der Waals surface area contributed by atoms with Crippen LogP contribution in [0.4, 0.5) is 45.2 Å². The first-order valence-corrected chi connectivity index (χ1v) is 13.7. The van der Waals surface area contributed by atoms with Crippen molar-refractivity contribution in [1.82, 2.24) is 9.88 Å². The summed E-state index contributed by atoms with van der Waals surface area (Å²) < 4.78 is 137. The van der Waals surface area contributed by atoms with Crippen molar-refractivity contribution in [1.29, 1.82) is 0 Å². The molecule has 1 N–H and O–H groups in total. The number of hydrogen-bond donors (Lipinski definition) is 1. The van der Waals surface area contributed by atoms with E-state index in [1.165, 1.54) is 14.0 Å². The van der Waals surface area contributed by atoms with Crippen LogP contribution in [-0.4, -0.2) is 61.6 Å². The number of ether oxygens (including phenoxy) is 2. The number of hydrogen-bond acceptors (Lipinski definition) is 6. The number of aryl methyl sites for hydroxylation is 1. The number of halogens is 9. The Morgan fingerprint density at radius 1 is 1.02 bits per heavy atom. The number of rotatable bonds is 7. The summed E-state index contributed by atoms with van der Waals surface area (Å²) in [6.45, 7) is -0.0426. The number of pyridine rings is 1. The first-order chi connectivity index (χ1) is 21.8. The summed E-state index contributed by atoms with van der Waals surface area (Å²) in [5.41, 5.74) is -6.04. The van der Waals surface area contributed by atoms with Crippen LogP contribution in [-0.2, 0) is 33.9 Å². The molecule has 3 aromatic rings. The number of carbonyl (C=O) groups excluding carboxylic acids is 2. The minimum absolute atomic E-state index is 0.0334. The zero-order valence-electron chi connectivity index (χ0n) is 24.8. The number of alkyl halides is 6. The molecule has 17 heteroatoms. The molecule has 1 saturated heterocycles. The highest BCUT2D eigenvalue weighted by molar-refractivity contribution is 5.97. The molecule has 1 aromatic heterocycles. The molecule has 2 atom stereocenters. The standard InChI is InChI=1S/C30H26F9N3O5/c1-14-8-18(29(34,35)36)24(27(44)41(14)2)17-5-4-15(9-19(17)31)10-22(28(45)46-3)40-26(43)25-20(32)11-16(12-21(25)33)42-6-7-47-13-23(42)30(37,38)39/h4-5,8-9,11-12,22-23H,6-7,10,13H2,1-3H3,(H,40,43)/t22-,23+/m0/s1. The van der Waals surface area contributed by atoms with Gasteiger partial charge in [0.1, 0.15) is 35.1 Å². The summed E-state index contributed by atoms with van der Waals surface area (Å²) in [5.74, 6) is -7.05. The Kier molecular flexibility index (Phi) is 9.99. The van der Waals surface area contributed by atoms with E-state index in [0.29, 0.717) is 29.2 Å². The molecule has 1 aliphatic heterocycles. The Morgan fingerprint density at radius 3 is 2.21 bits per heavy atom. The number of methoxy groups -OCH3 is 1. The van der Waals surface area contributed by atoms with Gasteiger partial charge in [-0.2, -0.15) is 26.3 Å². The second-order valence-electron chi connectivity index (χ2n) is 10.6. The van der Waals surface area contributed by atoms with Crippen molar-refractivity contribution in [3.8, 4) is 11.1 Å². The molecule has 0 unspecified atom stereocenters. The largest absolute Gasteiger partial charge is 0.467 e. The topological polar surface area (TPSA) is 89.9 Å². The molecule has 254 valence electrons. The maximum Gasteiger partial charge on any atom is 0.417 e. The van der Waals surface area contributed by atoms with Gasteiger partial charge in [-0.1, -0.05) is 12.1 Å². The maximum atomic E-state index is 15.3. The lowest BCUT2D eigenvalue weighted by Gasteiger charge is -2.38. The highest BCUT2D eigenvalue weighted by Gasteiger charge is 2.46. The van der Waals surface area contributed by atoms with Crippen LogP contribution in [0.1, 0.15) is 27.2 Å². The predicted octanol–water partition coefficient (Wildman–Crippen LogP) is 5.08. The van der Waals surface area contributed by atoms with Crippen LogP contribution in [0.5, 0.6) is 0 Å². The Balaban J connectivity index is 1.62. The number of nitrogens with zero attached hydrogens (tertiary/aromatic N) is 2. The van der Waals surface area contributed by atoms with E-state index < -0.39 is 100 Å². The van der Waals surface area contributed by atoms with Crippen LogP contribution in [0.2, 0.25) is 0 Å². The van der Waals surface area contributed by atoms with Gasteiger partial charge in [0, 0.05) is 37.0 Å². The average Bonchev–Trinajstić information content (AvgIpc) is 2.98. The van der Waals surface area contributed by atoms with Gasteiger partial charge in [-0.3, -0.25) is 9.59 Å². The number of carbonyl (C=O) groups is 2. The fourth-order valence-electron chi connectivity index (χ4n) is 5.12. The van der Waals surface area contributed by atoms with Crippen molar-refractivity contribution in [3.05, 3.63) is 86.6 Å². The van der Waals surface area contributed by atoms with E-state index >= 15 is 13.2 Å². The lowest BCUT2D eigenvalue weighted by Crippen LogP contribution is -2.53. The normalized spacial score (nSPS) is 16.2. The molecule has 4 rings (SSSR count). The fourth-order valence-corrected chi connectivity index (χ4v) is 5.12. The van der Waals surface area contributed by atoms with Crippen LogP contribution in [0.15, 0.2) is 41.2 Å². The Morgan fingerprint density at radius 2 is 1.66 bits per heavy atom. The third kappa shape index (κ3) is 7.39. The molecule has 1 amide bonds. The molecule has 47 heavy (non-hydrogen) atoms. The van der Waals surface area contributed by atoms with Crippen molar-refractivity contribution < 1.29 is 58.6 Å². The van der Waals surface area contributed by atoms with Gasteiger partial charge in [0.25, 0.3) is 11.5 Å². The number of amides is 1. The third-order valence-electron chi connectivity index (χ3n) is 7.60. The van der Waals surface area contributed by atoms with Gasteiger partial charge in [0.05, 0.1) is 31.5 Å². The molecule has 1 fully saturated rings. The molecule has 0 radical (unpaired) electrons. The lowest BCUT2D eigenvalue weighted by molar-refractivity contribution is -0.167. The SMILES string of the molecule is COC(=O)[C@H](Cc1ccc(-c2c(C(F)(F)F)cc(C)n(C)c2=O)c(F)c1)NC(=O)c1c(F)cc(N2CCOC[C@@H]2C(F)(F)F)cc1F. The Labute approximate surface area is 260 Å². The minimum Gasteiger partial charge on any atom is -0.467 e. The summed E-state index contributed by atoms with van der Waals surface area (Å²) >= 11 is 0. The van der Waals surface area contributed by atoms with E-state index in [1.807, 2.05) is 5.32 Å². The number of benzene rings is 2. The first-order valence-electron chi connectivity index (χ1n) is 13.7. The maximum absolute atomic E-state index is 15.3. The smallest absolute Gasteiger partial charge is 0.417 e. The lowest BCUT2D eigenvalue weighted by atomic mass is 9.96. The quantitative estimate of drug-likeness (QED) is 0.277. The molecule has 8 nitrogen and oxygen atoms in total. The summed E-state index contributed by atoms with van der Waals surface area (Å²) in [7, 11) is 2.12. The van der Waals surface area contributed by atoms with Crippen LogP contribution < -0.4 is 15.8 Å². The van der Waals surface area contributed by atoms with Crippen molar-refractivity contribution in [3.63, 3.8) is 0 Å². The molecular weight excluding hydrogens is 653 g/mol. The Bertz CT molecular complexity index is 1730. The van der Waals surface area contributed by atoms with E-state index in [4.69, 9.17) is 4.74 Å². The van der Waals surface area contributed by atoms with Gasteiger partial charge in [-0.15, -0.1) is 0 Å². The van der Waals surface area contributed by atoms with E-state index in [9.17, 15) is 40.7 Å². The number of esters is 1. The van der Waals surface area contributed by atoms with Gasteiger partial charge in [0.2, 0.25) is 0 Å². The minimum atomic E-state index is -5.01. The molecule has 2 heterocycles.